The molecule has 0 saturated carbocycles. The van der Waals surface area contributed by atoms with Crippen LogP contribution in [0.2, 0.25) is 0 Å². The zero-order valence-electron chi connectivity index (χ0n) is 9.74. The van der Waals surface area contributed by atoms with Gasteiger partial charge in [0, 0.05) is 18.8 Å². The lowest BCUT2D eigenvalue weighted by Crippen LogP contribution is -2.30. The van der Waals surface area contributed by atoms with E-state index in [2.05, 4.69) is 36.9 Å². The van der Waals surface area contributed by atoms with Crippen LogP contribution < -0.4 is 4.90 Å². The van der Waals surface area contributed by atoms with Crippen LogP contribution in [0.15, 0.2) is 18.2 Å². The Morgan fingerprint density at radius 3 is 2.53 bits per heavy atom. The zero-order chi connectivity index (χ0) is 10.7. The van der Waals surface area contributed by atoms with Crippen LogP contribution in [0.5, 0.6) is 0 Å². The predicted molar refractivity (Wildman–Crippen MR) is 64.4 cm³/mol. The SMILES string of the molecule is CC(C)c1cccc(N2CCCCC2)n1. The van der Waals surface area contributed by atoms with E-state index in [0.717, 1.165) is 0 Å². The van der Waals surface area contributed by atoms with E-state index < -0.39 is 0 Å². The molecule has 0 N–H and O–H groups in total. The van der Waals surface area contributed by atoms with Crippen molar-refractivity contribution in [3.8, 4) is 0 Å². The van der Waals surface area contributed by atoms with Crippen molar-refractivity contribution >= 4 is 5.82 Å². The fraction of sp³-hybridized carbons (Fsp3) is 0.615. The van der Waals surface area contributed by atoms with Crippen LogP contribution in [0.25, 0.3) is 0 Å². The van der Waals surface area contributed by atoms with Crippen LogP contribution >= 0.6 is 0 Å². The van der Waals surface area contributed by atoms with Gasteiger partial charge >= 0.3 is 0 Å². The van der Waals surface area contributed by atoms with Crippen molar-refractivity contribution in [1.29, 1.82) is 0 Å². The van der Waals surface area contributed by atoms with Gasteiger partial charge in [0.15, 0.2) is 0 Å². The summed E-state index contributed by atoms with van der Waals surface area (Å²) < 4.78 is 0. The smallest absolute Gasteiger partial charge is 0.128 e. The second-order valence-corrected chi connectivity index (χ2v) is 4.62. The Morgan fingerprint density at radius 2 is 1.87 bits per heavy atom. The summed E-state index contributed by atoms with van der Waals surface area (Å²) in [5.41, 5.74) is 1.21. The van der Waals surface area contributed by atoms with E-state index in [9.17, 15) is 0 Å². The molecule has 1 aliphatic rings. The first-order valence-corrected chi connectivity index (χ1v) is 5.99. The van der Waals surface area contributed by atoms with Crippen LogP contribution in [0.4, 0.5) is 5.82 Å². The number of piperidine rings is 1. The lowest BCUT2D eigenvalue weighted by Gasteiger charge is -2.28. The summed E-state index contributed by atoms with van der Waals surface area (Å²) in [7, 11) is 0. The maximum Gasteiger partial charge on any atom is 0.128 e. The van der Waals surface area contributed by atoms with Crippen LogP contribution in [0, 0.1) is 0 Å². The summed E-state index contributed by atoms with van der Waals surface area (Å²) in [5, 5.41) is 0. The van der Waals surface area contributed by atoms with Crippen molar-refractivity contribution in [1.82, 2.24) is 4.98 Å². The third kappa shape index (κ3) is 2.49. The fourth-order valence-electron chi connectivity index (χ4n) is 2.06. The largest absolute Gasteiger partial charge is 0.357 e. The second-order valence-electron chi connectivity index (χ2n) is 4.62. The molecule has 1 fully saturated rings. The lowest BCUT2D eigenvalue weighted by atomic mass is 10.1. The van der Waals surface area contributed by atoms with E-state index in [1.54, 1.807) is 0 Å². The first kappa shape index (κ1) is 10.5. The Hall–Kier alpha value is -1.05. The van der Waals surface area contributed by atoms with E-state index in [1.165, 1.54) is 43.9 Å². The maximum atomic E-state index is 4.72. The van der Waals surface area contributed by atoms with E-state index in [4.69, 9.17) is 4.98 Å². The van der Waals surface area contributed by atoms with Crippen molar-refractivity contribution in [3.05, 3.63) is 23.9 Å². The van der Waals surface area contributed by atoms with Crippen molar-refractivity contribution in [3.63, 3.8) is 0 Å². The Labute approximate surface area is 92.3 Å². The van der Waals surface area contributed by atoms with Crippen molar-refractivity contribution in [2.75, 3.05) is 18.0 Å². The molecule has 1 aromatic heterocycles. The zero-order valence-corrected chi connectivity index (χ0v) is 9.74. The van der Waals surface area contributed by atoms with Gasteiger partial charge in [-0.3, -0.25) is 0 Å². The molecule has 1 aromatic rings. The highest BCUT2D eigenvalue weighted by Crippen LogP contribution is 2.20. The maximum absolute atomic E-state index is 4.72. The molecule has 2 heterocycles. The molecule has 1 aliphatic heterocycles. The number of nitrogens with zero attached hydrogens (tertiary/aromatic N) is 2. The highest BCUT2D eigenvalue weighted by molar-refractivity contribution is 5.40. The van der Waals surface area contributed by atoms with Gasteiger partial charge < -0.3 is 4.90 Å². The summed E-state index contributed by atoms with van der Waals surface area (Å²) in [4.78, 5) is 7.13. The number of hydrogen-bond donors (Lipinski definition) is 0. The molecule has 2 nitrogen and oxygen atoms in total. The van der Waals surface area contributed by atoms with Gasteiger partial charge in [-0.1, -0.05) is 19.9 Å². The summed E-state index contributed by atoms with van der Waals surface area (Å²) in [6, 6.07) is 6.39. The molecule has 1 saturated heterocycles. The average Bonchev–Trinajstić information content (AvgIpc) is 2.30. The molecule has 0 spiro atoms. The van der Waals surface area contributed by atoms with Crippen molar-refractivity contribution in [2.24, 2.45) is 0 Å². The van der Waals surface area contributed by atoms with E-state index in [1.807, 2.05) is 0 Å². The molecule has 2 rings (SSSR count). The van der Waals surface area contributed by atoms with Crippen LogP contribution in [0.3, 0.4) is 0 Å². The Balaban J connectivity index is 2.16. The van der Waals surface area contributed by atoms with Crippen LogP contribution in [0.1, 0.15) is 44.7 Å². The van der Waals surface area contributed by atoms with Gasteiger partial charge in [0.1, 0.15) is 5.82 Å². The molecular weight excluding hydrogens is 184 g/mol. The molecule has 15 heavy (non-hydrogen) atoms. The Bertz CT molecular complexity index is 314. The average molecular weight is 204 g/mol. The number of aromatic nitrogens is 1. The molecule has 2 heteroatoms. The molecule has 0 aromatic carbocycles. The normalized spacial score (nSPS) is 17.1. The lowest BCUT2D eigenvalue weighted by molar-refractivity contribution is 0.572. The standard InChI is InChI=1S/C13H20N2/c1-11(2)12-7-6-8-13(14-12)15-9-4-3-5-10-15/h6-8,11H,3-5,9-10H2,1-2H3. The predicted octanol–water partition coefficient (Wildman–Crippen LogP) is 3.20. The van der Waals surface area contributed by atoms with Gasteiger partial charge in [-0.2, -0.15) is 0 Å². The molecule has 0 unspecified atom stereocenters. The summed E-state index contributed by atoms with van der Waals surface area (Å²) >= 11 is 0. The van der Waals surface area contributed by atoms with Crippen LogP contribution in [-0.4, -0.2) is 18.1 Å². The number of rotatable bonds is 2. The topological polar surface area (TPSA) is 16.1 Å². The summed E-state index contributed by atoms with van der Waals surface area (Å²) in [6.07, 6.45) is 4.00. The molecule has 0 bridgehead atoms. The number of pyridine rings is 1. The summed E-state index contributed by atoms with van der Waals surface area (Å²) in [5.74, 6) is 1.69. The number of hydrogen-bond acceptors (Lipinski definition) is 2. The third-order valence-corrected chi connectivity index (χ3v) is 3.03. The minimum Gasteiger partial charge on any atom is -0.357 e. The molecule has 0 aliphatic carbocycles. The van der Waals surface area contributed by atoms with Crippen LogP contribution in [-0.2, 0) is 0 Å². The van der Waals surface area contributed by atoms with Crippen molar-refractivity contribution < 1.29 is 0 Å². The Kier molecular flexibility index (Phi) is 3.24. The first-order chi connectivity index (χ1) is 7.27. The molecule has 0 radical (unpaired) electrons. The minimum absolute atomic E-state index is 0.523. The third-order valence-electron chi connectivity index (χ3n) is 3.03. The monoisotopic (exact) mass is 204 g/mol. The summed E-state index contributed by atoms with van der Waals surface area (Å²) in [6.45, 7) is 6.74. The quantitative estimate of drug-likeness (QED) is 0.735. The van der Waals surface area contributed by atoms with Gasteiger partial charge in [-0.15, -0.1) is 0 Å². The van der Waals surface area contributed by atoms with Gasteiger partial charge in [-0.05, 0) is 37.3 Å². The van der Waals surface area contributed by atoms with Gasteiger partial charge in [0.25, 0.3) is 0 Å². The minimum atomic E-state index is 0.523. The Morgan fingerprint density at radius 1 is 1.13 bits per heavy atom. The first-order valence-electron chi connectivity index (χ1n) is 5.99. The number of anilines is 1. The van der Waals surface area contributed by atoms with E-state index in [0.29, 0.717) is 5.92 Å². The molecule has 0 atom stereocenters. The van der Waals surface area contributed by atoms with Gasteiger partial charge in [0.2, 0.25) is 0 Å². The highest BCUT2D eigenvalue weighted by Gasteiger charge is 2.12. The molecular formula is C13H20N2. The highest BCUT2D eigenvalue weighted by atomic mass is 15.2. The van der Waals surface area contributed by atoms with Crippen molar-refractivity contribution in [2.45, 2.75) is 39.0 Å². The fourth-order valence-corrected chi connectivity index (χ4v) is 2.06. The molecule has 82 valence electrons. The molecule has 0 amide bonds. The van der Waals surface area contributed by atoms with E-state index >= 15 is 0 Å². The van der Waals surface area contributed by atoms with Gasteiger partial charge in [0.05, 0.1) is 0 Å². The second kappa shape index (κ2) is 4.65. The van der Waals surface area contributed by atoms with Gasteiger partial charge in [-0.25, -0.2) is 4.98 Å². The van der Waals surface area contributed by atoms with E-state index in [-0.39, 0.29) is 0 Å².